The summed E-state index contributed by atoms with van der Waals surface area (Å²) >= 11 is 6.60. The molecule has 3 aromatic rings. The van der Waals surface area contributed by atoms with Gasteiger partial charge < -0.3 is 24.0 Å². The number of ether oxygens (including phenoxy) is 3. The predicted molar refractivity (Wildman–Crippen MR) is 138 cm³/mol. The normalized spacial score (nSPS) is 19.2. The van der Waals surface area contributed by atoms with Crippen LogP contribution in [0.2, 0.25) is 5.02 Å². The highest BCUT2D eigenvalue weighted by Gasteiger charge is 2.41. The average molecular weight is 532 g/mol. The Morgan fingerprint density at radius 3 is 2.68 bits per heavy atom. The molecule has 2 aliphatic heterocycles. The van der Waals surface area contributed by atoms with Gasteiger partial charge >= 0.3 is 6.09 Å². The van der Waals surface area contributed by atoms with Gasteiger partial charge in [0.25, 0.3) is 0 Å². The fraction of sp³-hybridized carbons (Fsp3) is 0.407. The number of methoxy groups -OCH3 is 1. The Balaban J connectivity index is 1.59. The van der Waals surface area contributed by atoms with Gasteiger partial charge in [-0.2, -0.15) is 0 Å². The molecule has 5 rings (SSSR count). The minimum atomic E-state index is -0.753. The molecule has 1 aromatic heterocycles. The van der Waals surface area contributed by atoms with Gasteiger partial charge in [0.05, 0.1) is 35.6 Å². The summed E-state index contributed by atoms with van der Waals surface area (Å²) in [6, 6.07) is 5.47. The number of hydrogen-bond acceptors (Lipinski definition) is 6. The molecular formula is C27H28ClF2N3O4. The molecule has 0 saturated carbocycles. The van der Waals surface area contributed by atoms with E-state index in [4.69, 9.17) is 25.8 Å². The number of carbonyl (C=O) groups is 1. The number of nitrogens with zero attached hydrogens (tertiary/aromatic N) is 3. The molecule has 2 aliphatic rings. The number of aromatic nitrogens is 1. The van der Waals surface area contributed by atoms with Gasteiger partial charge in [0.1, 0.15) is 29.3 Å². The van der Waals surface area contributed by atoms with Crippen molar-refractivity contribution in [1.29, 1.82) is 0 Å². The molecule has 196 valence electrons. The maximum Gasteiger partial charge on any atom is 0.410 e. The summed E-state index contributed by atoms with van der Waals surface area (Å²) in [7, 11) is 1.38. The molecule has 0 spiro atoms. The third-order valence-corrected chi connectivity index (χ3v) is 6.92. The SMILES string of the molecule is COc1cccc(F)c1-c1c(Cl)cc2c3c(cnc2c1F)OC[C@H]1CN(C(=O)OC(C)(C)C)[C@H](C)CN31. The molecule has 1 amide bonds. The Labute approximate surface area is 218 Å². The van der Waals surface area contributed by atoms with Crippen LogP contribution >= 0.6 is 11.6 Å². The van der Waals surface area contributed by atoms with Crippen molar-refractivity contribution >= 4 is 34.3 Å². The quantitative estimate of drug-likeness (QED) is 0.401. The lowest BCUT2D eigenvalue weighted by Gasteiger charge is -2.48. The highest BCUT2D eigenvalue weighted by molar-refractivity contribution is 6.34. The molecule has 1 saturated heterocycles. The molecule has 37 heavy (non-hydrogen) atoms. The van der Waals surface area contributed by atoms with Crippen molar-refractivity contribution in [2.45, 2.75) is 45.4 Å². The summed E-state index contributed by atoms with van der Waals surface area (Å²) in [5.41, 5.74) is -0.117. The fourth-order valence-corrected chi connectivity index (χ4v) is 5.28. The van der Waals surface area contributed by atoms with E-state index < -0.39 is 17.2 Å². The minimum Gasteiger partial charge on any atom is -0.496 e. The molecule has 10 heteroatoms. The summed E-state index contributed by atoms with van der Waals surface area (Å²) in [6.45, 7) is 8.60. The smallest absolute Gasteiger partial charge is 0.410 e. The van der Waals surface area contributed by atoms with Crippen molar-refractivity contribution in [2.75, 3.05) is 31.7 Å². The van der Waals surface area contributed by atoms with Crippen molar-refractivity contribution in [3.63, 3.8) is 0 Å². The van der Waals surface area contributed by atoms with E-state index >= 15 is 4.39 Å². The van der Waals surface area contributed by atoms with Gasteiger partial charge in [-0.3, -0.25) is 0 Å². The summed E-state index contributed by atoms with van der Waals surface area (Å²) < 4.78 is 47.7. The zero-order chi connectivity index (χ0) is 26.6. The molecule has 0 unspecified atom stereocenters. The maximum absolute atomic E-state index is 16.0. The lowest BCUT2D eigenvalue weighted by Crippen LogP contribution is -2.62. The van der Waals surface area contributed by atoms with Crippen LogP contribution in [0.1, 0.15) is 27.7 Å². The number of rotatable bonds is 2. The first-order valence-electron chi connectivity index (χ1n) is 12.0. The Morgan fingerprint density at radius 1 is 1.22 bits per heavy atom. The fourth-order valence-electron chi connectivity index (χ4n) is 5.00. The molecular weight excluding hydrogens is 504 g/mol. The van der Waals surface area contributed by atoms with E-state index in [1.807, 2.05) is 27.7 Å². The Bertz CT molecular complexity index is 1390. The Morgan fingerprint density at radius 2 is 1.97 bits per heavy atom. The van der Waals surface area contributed by atoms with Gasteiger partial charge in [-0.15, -0.1) is 0 Å². The van der Waals surface area contributed by atoms with Crippen molar-refractivity contribution in [1.82, 2.24) is 9.88 Å². The van der Waals surface area contributed by atoms with Gasteiger partial charge in [0, 0.05) is 30.1 Å². The van der Waals surface area contributed by atoms with Crippen molar-refractivity contribution in [3.05, 3.63) is 47.1 Å². The van der Waals surface area contributed by atoms with Crippen LogP contribution in [-0.4, -0.2) is 60.5 Å². The number of pyridine rings is 1. The Hall–Kier alpha value is -3.33. The van der Waals surface area contributed by atoms with Crippen LogP contribution in [0, 0.1) is 11.6 Å². The molecule has 0 N–H and O–H groups in total. The van der Waals surface area contributed by atoms with Gasteiger partial charge in [0.15, 0.2) is 11.6 Å². The number of hydrogen-bond donors (Lipinski definition) is 0. The predicted octanol–water partition coefficient (Wildman–Crippen LogP) is 6.05. The second kappa shape index (κ2) is 9.20. The summed E-state index contributed by atoms with van der Waals surface area (Å²) in [5, 5.41) is 0.466. The number of fused-ring (bicyclic) bond motifs is 5. The number of amides is 1. The van der Waals surface area contributed by atoms with E-state index in [-0.39, 0.29) is 45.6 Å². The van der Waals surface area contributed by atoms with Crippen LogP contribution < -0.4 is 14.4 Å². The van der Waals surface area contributed by atoms with Crippen LogP contribution in [0.25, 0.3) is 22.0 Å². The summed E-state index contributed by atoms with van der Waals surface area (Å²) in [5.74, 6) is -0.758. The average Bonchev–Trinajstić information content (AvgIpc) is 2.82. The molecule has 0 aliphatic carbocycles. The number of piperazine rings is 1. The van der Waals surface area contributed by atoms with Gasteiger partial charge in [-0.25, -0.2) is 18.6 Å². The van der Waals surface area contributed by atoms with Crippen LogP contribution in [0.4, 0.5) is 19.3 Å². The highest BCUT2D eigenvalue weighted by Crippen LogP contribution is 2.46. The van der Waals surface area contributed by atoms with E-state index in [0.29, 0.717) is 36.5 Å². The first kappa shape index (κ1) is 25.3. The van der Waals surface area contributed by atoms with Crippen molar-refractivity contribution < 1.29 is 27.8 Å². The monoisotopic (exact) mass is 531 g/mol. The lowest BCUT2D eigenvalue weighted by atomic mass is 9.98. The molecule has 2 aromatic carbocycles. The second-order valence-corrected chi connectivity index (χ2v) is 10.7. The Kier molecular flexibility index (Phi) is 6.30. The van der Waals surface area contributed by atoms with E-state index in [9.17, 15) is 9.18 Å². The van der Waals surface area contributed by atoms with E-state index in [2.05, 4.69) is 9.88 Å². The van der Waals surface area contributed by atoms with Gasteiger partial charge in [0.2, 0.25) is 0 Å². The van der Waals surface area contributed by atoms with Gasteiger partial charge in [-0.05, 0) is 45.9 Å². The van der Waals surface area contributed by atoms with Crippen LogP contribution in [0.15, 0.2) is 30.5 Å². The molecule has 7 nitrogen and oxygen atoms in total. The summed E-state index contributed by atoms with van der Waals surface area (Å²) in [6.07, 6.45) is 1.08. The van der Waals surface area contributed by atoms with E-state index in [1.54, 1.807) is 17.0 Å². The molecule has 0 bridgehead atoms. The van der Waals surface area contributed by atoms with Crippen molar-refractivity contribution in [3.8, 4) is 22.6 Å². The third-order valence-electron chi connectivity index (χ3n) is 6.62. The third kappa shape index (κ3) is 4.39. The topological polar surface area (TPSA) is 64.1 Å². The van der Waals surface area contributed by atoms with Crippen LogP contribution in [-0.2, 0) is 4.74 Å². The highest BCUT2D eigenvalue weighted by atomic mass is 35.5. The second-order valence-electron chi connectivity index (χ2n) is 10.3. The van der Waals surface area contributed by atoms with E-state index in [0.717, 1.165) is 0 Å². The molecule has 0 radical (unpaired) electrons. The first-order chi connectivity index (χ1) is 17.5. The number of benzene rings is 2. The lowest BCUT2D eigenvalue weighted by molar-refractivity contribution is 0.00997. The number of anilines is 1. The minimum absolute atomic E-state index is 0.0196. The van der Waals surface area contributed by atoms with Gasteiger partial charge in [-0.1, -0.05) is 17.7 Å². The molecule has 1 fully saturated rings. The number of carbonyl (C=O) groups excluding carboxylic acids is 1. The van der Waals surface area contributed by atoms with Crippen molar-refractivity contribution in [2.24, 2.45) is 0 Å². The summed E-state index contributed by atoms with van der Waals surface area (Å²) in [4.78, 5) is 20.9. The van der Waals surface area contributed by atoms with Crippen LogP contribution in [0.5, 0.6) is 11.5 Å². The van der Waals surface area contributed by atoms with Crippen LogP contribution in [0.3, 0.4) is 0 Å². The zero-order valence-electron chi connectivity index (χ0n) is 21.3. The standard InChI is InChI=1S/C27H28ClF2N3O4/c1-14-11-33-15(12-32(14)26(34)37-27(2,3)4)13-36-20-10-31-24-16(25(20)33)9-17(28)21(23(24)30)22-18(29)7-6-8-19(22)35-5/h6-10,14-15H,11-13H2,1-5H3/t14-,15-/m1/s1. The number of halogens is 3. The molecule has 3 heterocycles. The van der Waals surface area contributed by atoms with E-state index in [1.165, 1.54) is 25.4 Å². The largest absolute Gasteiger partial charge is 0.496 e. The molecule has 2 atom stereocenters. The first-order valence-corrected chi connectivity index (χ1v) is 12.4. The maximum atomic E-state index is 16.0. The zero-order valence-corrected chi connectivity index (χ0v) is 22.0.